The van der Waals surface area contributed by atoms with Gasteiger partial charge >= 0.3 is 0 Å². The predicted octanol–water partition coefficient (Wildman–Crippen LogP) is 1.24. The molecule has 2 unspecified atom stereocenters. The van der Waals surface area contributed by atoms with Crippen molar-refractivity contribution in [3.63, 3.8) is 0 Å². The van der Waals surface area contributed by atoms with E-state index in [1.54, 1.807) is 4.90 Å². The highest BCUT2D eigenvalue weighted by molar-refractivity contribution is 7.89. The zero-order valence-electron chi connectivity index (χ0n) is 14.1. The lowest BCUT2D eigenvalue weighted by atomic mass is 10.0. The van der Waals surface area contributed by atoms with Crippen molar-refractivity contribution in [2.45, 2.75) is 49.1 Å². The van der Waals surface area contributed by atoms with Crippen molar-refractivity contribution in [2.75, 3.05) is 19.6 Å². The number of piperidine rings is 2. The average molecular weight is 369 g/mol. The van der Waals surface area contributed by atoms with Gasteiger partial charge in [-0.3, -0.25) is 4.79 Å². The van der Waals surface area contributed by atoms with Crippen LogP contribution in [-0.2, 0) is 14.8 Å². The number of nitrogens with zero attached hydrogens (tertiary/aromatic N) is 1. The Morgan fingerprint density at radius 2 is 2.08 bits per heavy atom. The summed E-state index contributed by atoms with van der Waals surface area (Å²) in [6.45, 7) is 1.85. The second-order valence-electron chi connectivity index (χ2n) is 6.70. The first-order valence-electron chi connectivity index (χ1n) is 8.76. The van der Waals surface area contributed by atoms with E-state index in [4.69, 9.17) is 0 Å². The zero-order valence-corrected chi connectivity index (χ0v) is 14.9. The number of carbonyl (C=O) groups is 1. The number of nitrogens with one attached hydrogen (secondary N) is 2. The minimum atomic E-state index is -3.80. The summed E-state index contributed by atoms with van der Waals surface area (Å²) in [6, 6.07) is 4.43. The lowest BCUT2D eigenvalue weighted by Crippen LogP contribution is -2.55. The third kappa shape index (κ3) is 4.56. The van der Waals surface area contributed by atoms with Crippen LogP contribution in [0.3, 0.4) is 0 Å². The Hall–Kier alpha value is -1.51. The second kappa shape index (κ2) is 7.80. The molecule has 2 atom stereocenters. The summed E-state index contributed by atoms with van der Waals surface area (Å²) >= 11 is 0. The van der Waals surface area contributed by atoms with Gasteiger partial charge in [0.2, 0.25) is 15.9 Å². The monoisotopic (exact) mass is 369 g/mol. The number of hydrogen-bond donors (Lipinski definition) is 2. The summed E-state index contributed by atoms with van der Waals surface area (Å²) in [7, 11) is -3.80. The minimum absolute atomic E-state index is 0.0503. The Bertz CT molecular complexity index is 720. The van der Waals surface area contributed by atoms with Gasteiger partial charge in [0.05, 0.1) is 10.9 Å². The molecule has 1 aromatic rings. The van der Waals surface area contributed by atoms with Gasteiger partial charge in [-0.05, 0) is 50.4 Å². The van der Waals surface area contributed by atoms with Crippen LogP contribution in [0.25, 0.3) is 0 Å². The quantitative estimate of drug-likeness (QED) is 0.837. The number of hydrogen-bond acceptors (Lipinski definition) is 4. The second-order valence-corrected chi connectivity index (χ2v) is 8.42. The van der Waals surface area contributed by atoms with E-state index in [1.807, 2.05) is 0 Å². The maximum absolute atomic E-state index is 13.3. The third-order valence-electron chi connectivity index (χ3n) is 4.77. The topological polar surface area (TPSA) is 78.5 Å². The van der Waals surface area contributed by atoms with Gasteiger partial charge in [0.15, 0.2) is 0 Å². The molecule has 0 aromatic heterocycles. The molecule has 8 heteroatoms. The van der Waals surface area contributed by atoms with Crippen LogP contribution in [0.4, 0.5) is 4.39 Å². The van der Waals surface area contributed by atoms with Crippen LogP contribution in [0.2, 0.25) is 0 Å². The van der Waals surface area contributed by atoms with Crippen molar-refractivity contribution >= 4 is 15.9 Å². The van der Waals surface area contributed by atoms with E-state index in [1.165, 1.54) is 18.2 Å². The number of amides is 1. The minimum Gasteiger partial charge on any atom is -0.340 e. The van der Waals surface area contributed by atoms with Crippen molar-refractivity contribution < 1.29 is 17.6 Å². The number of sulfonamides is 1. The van der Waals surface area contributed by atoms with E-state index >= 15 is 0 Å². The van der Waals surface area contributed by atoms with Crippen LogP contribution in [0.5, 0.6) is 0 Å². The van der Waals surface area contributed by atoms with Crippen LogP contribution in [0.1, 0.15) is 32.1 Å². The largest absolute Gasteiger partial charge is 0.340 e. The van der Waals surface area contributed by atoms with Crippen molar-refractivity contribution in [2.24, 2.45) is 0 Å². The number of halogens is 1. The van der Waals surface area contributed by atoms with E-state index in [0.717, 1.165) is 38.3 Å². The molecular formula is C17H24FN3O3S. The molecule has 2 N–H and O–H groups in total. The van der Waals surface area contributed by atoms with E-state index < -0.39 is 15.8 Å². The van der Waals surface area contributed by atoms with Gasteiger partial charge in [-0.25, -0.2) is 17.5 Å². The predicted molar refractivity (Wildman–Crippen MR) is 92.0 cm³/mol. The highest BCUT2D eigenvalue weighted by Gasteiger charge is 2.31. The molecule has 2 aliphatic heterocycles. The average Bonchev–Trinajstić information content (AvgIpc) is 2.62. The summed E-state index contributed by atoms with van der Waals surface area (Å²) in [5.74, 6) is -0.541. The van der Waals surface area contributed by atoms with Crippen LogP contribution >= 0.6 is 0 Å². The molecule has 2 saturated heterocycles. The Kier molecular flexibility index (Phi) is 5.71. The number of rotatable bonds is 4. The molecule has 0 aliphatic carbocycles. The van der Waals surface area contributed by atoms with Gasteiger partial charge in [-0.2, -0.15) is 0 Å². The molecule has 1 aromatic carbocycles. The Morgan fingerprint density at radius 3 is 2.80 bits per heavy atom. The SMILES string of the molecule is O=C(C1CCCCN1)N1CCCC(NS(=O)(=O)c2cccc(F)c2)C1. The summed E-state index contributed by atoms with van der Waals surface area (Å²) in [5, 5.41) is 3.24. The summed E-state index contributed by atoms with van der Waals surface area (Å²) < 4.78 is 40.8. The Balaban J connectivity index is 1.64. The van der Waals surface area contributed by atoms with Crippen LogP contribution in [0.15, 0.2) is 29.2 Å². The molecule has 2 heterocycles. The summed E-state index contributed by atoms with van der Waals surface area (Å²) in [5.41, 5.74) is 0. The van der Waals surface area contributed by atoms with Gasteiger partial charge < -0.3 is 10.2 Å². The lowest BCUT2D eigenvalue weighted by molar-refractivity contribution is -0.135. The van der Waals surface area contributed by atoms with Crippen LogP contribution in [0, 0.1) is 5.82 Å². The van der Waals surface area contributed by atoms with Gasteiger partial charge in [0.25, 0.3) is 0 Å². The lowest BCUT2D eigenvalue weighted by Gasteiger charge is -2.36. The summed E-state index contributed by atoms with van der Waals surface area (Å²) in [6.07, 6.45) is 4.35. The zero-order chi connectivity index (χ0) is 17.9. The molecular weight excluding hydrogens is 345 g/mol. The van der Waals surface area contributed by atoms with Crippen molar-refractivity contribution in [3.05, 3.63) is 30.1 Å². The molecule has 2 aliphatic rings. The van der Waals surface area contributed by atoms with E-state index in [0.29, 0.717) is 19.5 Å². The molecule has 6 nitrogen and oxygen atoms in total. The Labute approximate surface area is 147 Å². The number of likely N-dealkylation sites (tertiary alicyclic amines) is 1. The van der Waals surface area contributed by atoms with Crippen molar-refractivity contribution in [1.82, 2.24) is 14.9 Å². The van der Waals surface area contributed by atoms with E-state index in [-0.39, 0.29) is 22.9 Å². The highest BCUT2D eigenvalue weighted by atomic mass is 32.2. The smallest absolute Gasteiger partial charge is 0.240 e. The number of benzene rings is 1. The Morgan fingerprint density at radius 1 is 1.24 bits per heavy atom. The maximum Gasteiger partial charge on any atom is 0.240 e. The molecule has 25 heavy (non-hydrogen) atoms. The van der Waals surface area contributed by atoms with Crippen molar-refractivity contribution in [3.8, 4) is 0 Å². The molecule has 1 amide bonds. The van der Waals surface area contributed by atoms with E-state index in [9.17, 15) is 17.6 Å². The normalized spacial score (nSPS) is 24.9. The fourth-order valence-corrected chi connectivity index (χ4v) is 4.77. The molecule has 138 valence electrons. The first-order valence-corrected chi connectivity index (χ1v) is 10.2. The fraction of sp³-hybridized carbons (Fsp3) is 0.588. The molecule has 2 fully saturated rings. The first kappa shape index (κ1) is 18.3. The molecule has 0 spiro atoms. The van der Waals surface area contributed by atoms with Gasteiger partial charge in [0, 0.05) is 19.1 Å². The summed E-state index contributed by atoms with van der Waals surface area (Å²) in [4.78, 5) is 14.3. The highest BCUT2D eigenvalue weighted by Crippen LogP contribution is 2.18. The fourth-order valence-electron chi connectivity index (χ4n) is 3.48. The number of carbonyl (C=O) groups excluding carboxylic acids is 1. The molecule has 0 saturated carbocycles. The van der Waals surface area contributed by atoms with Gasteiger partial charge in [-0.15, -0.1) is 0 Å². The molecule has 3 rings (SSSR count). The van der Waals surface area contributed by atoms with Crippen molar-refractivity contribution in [1.29, 1.82) is 0 Å². The third-order valence-corrected chi connectivity index (χ3v) is 6.29. The maximum atomic E-state index is 13.3. The van der Waals surface area contributed by atoms with Crippen LogP contribution in [-0.4, -0.2) is 50.9 Å². The molecule has 0 bridgehead atoms. The molecule has 0 radical (unpaired) electrons. The first-order chi connectivity index (χ1) is 12.0. The van der Waals surface area contributed by atoms with E-state index in [2.05, 4.69) is 10.0 Å². The van der Waals surface area contributed by atoms with Crippen LogP contribution < -0.4 is 10.0 Å². The van der Waals surface area contributed by atoms with Gasteiger partial charge in [0.1, 0.15) is 5.82 Å². The van der Waals surface area contributed by atoms with Gasteiger partial charge in [-0.1, -0.05) is 12.5 Å². The standard InChI is InChI=1S/C17H24FN3O3S/c18-13-5-3-7-15(11-13)25(23,24)20-14-6-4-10-21(12-14)17(22)16-8-1-2-9-19-16/h3,5,7,11,14,16,19-20H,1-2,4,6,8-10,12H2.